The molecule has 1 aliphatic heterocycles. The molecule has 1 N–H and O–H groups in total. The Morgan fingerprint density at radius 1 is 1.53 bits per heavy atom. The molecule has 5 nitrogen and oxygen atoms in total. The Hall–Kier alpha value is -0.910. The molecule has 0 unspecified atom stereocenters. The van der Waals surface area contributed by atoms with Gasteiger partial charge in [-0.15, -0.1) is 0 Å². The van der Waals surface area contributed by atoms with Gasteiger partial charge in [-0.3, -0.25) is 4.79 Å². The van der Waals surface area contributed by atoms with Gasteiger partial charge in [-0.1, -0.05) is 6.08 Å². The zero-order chi connectivity index (χ0) is 12.3. The van der Waals surface area contributed by atoms with Gasteiger partial charge in [-0.2, -0.15) is 0 Å². The van der Waals surface area contributed by atoms with Crippen molar-refractivity contribution in [2.24, 2.45) is 5.92 Å². The number of aliphatic hydroxyl groups excluding tert-OH is 1. The van der Waals surface area contributed by atoms with E-state index in [9.17, 15) is 9.90 Å². The monoisotopic (exact) mass is 242 g/mol. The minimum Gasteiger partial charge on any atom is -0.469 e. The van der Waals surface area contributed by atoms with Crippen LogP contribution in [0.5, 0.6) is 0 Å². The first-order valence-electron chi connectivity index (χ1n) is 5.90. The summed E-state index contributed by atoms with van der Waals surface area (Å²) in [6, 6.07) is 0. The number of hydrogen-bond donors (Lipinski definition) is 1. The summed E-state index contributed by atoms with van der Waals surface area (Å²) < 4.78 is 15.5. The molecule has 0 amide bonds. The fourth-order valence-corrected chi connectivity index (χ4v) is 2.33. The highest BCUT2D eigenvalue weighted by Gasteiger charge is 2.35. The topological polar surface area (TPSA) is 65.0 Å². The average molecular weight is 242 g/mol. The Morgan fingerprint density at radius 2 is 2.24 bits per heavy atom. The van der Waals surface area contributed by atoms with E-state index in [1.54, 1.807) is 0 Å². The second kappa shape index (κ2) is 5.62. The van der Waals surface area contributed by atoms with Crippen molar-refractivity contribution in [1.29, 1.82) is 0 Å². The van der Waals surface area contributed by atoms with Crippen LogP contribution < -0.4 is 0 Å². The van der Waals surface area contributed by atoms with Gasteiger partial charge in [0.15, 0.2) is 6.29 Å². The summed E-state index contributed by atoms with van der Waals surface area (Å²) in [4.78, 5) is 11.3. The van der Waals surface area contributed by atoms with Crippen molar-refractivity contribution in [3.05, 3.63) is 11.6 Å². The Kier molecular flexibility index (Phi) is 4.15. The molecular formula is C12H18O5. The molecule has 1 fully saturated rings. The third-order valence-corrected chi connectivity index (χ3v) is 3.24. The summed E-state index contributed by atoms with van der Waals surface area (Å²) in [7, 11) is 1.35. The third-order valence-electron chi connectivity index (χ3n) is 3.24. The summed E-state index contributed by atoms with van der Waals surface area (Å²) in [5.74, 6) is -0.570. The maximum absolute atomic E-state index is 11.3. The van der Waals surface area contributed by atoms with E-state index < -0.39 is 12.4 Å². The van der Waals surface area contributed by atoms with Crippen LogP contribution in [0.25, 0.3) is 0 Å². The van der Waals surface area contributed by atoms with E-state index in [1.807, 2.05) is 6.08 Å². The van der Waals surface area contributed by atoms with Gasteiger partial charge in [0.25, 0.3) is 0 Å². The van der Waals surface area contributed by atoms with Crippen LogP contribution in [0.2, 0.25) is 0 Å². The molecule has 2 atom stereocenters. The van der Waals surface area contributed by atoms with Crippen molar-refractivity contribution in [3.8, 4) is 0 Å². The normalized spacial score (nSPS) is 30.1. The van der Waals surface area contributed by atoms with Gasteiger partial charge in [0, 0.05) is 5.92 Å². The zero-order valence-electron chi connectivity index (χ0n) is 9.93. The van der Waals surface area contributed by atoms with E-state index in [0.29, 0.717) is 19.6 Å². The number of esters is 1. The molecule has 1 saturated heterocycles. The number of methoxy groups -OCH3 is 1. The van der Waals surface area contributed by atoms with Gasteiger partial charge < -0.3 is 19.3 Å². The van der Waals surface area contributed by atoms with Crippen molar-refractivity contribution in [2.75, 3.05) is 20.3 Å². The van der Waals surface area contributed by atoms with E-state index in [2.05, 4.69) is 4.74 Å². The molecule has 0 spiro atoms. The van der Waals surface area contributed by atoms with Gasteiger partial charge >= 0.3 is 5.97 Å². The SMILES string of the molecule is COC(=O)C[C@@H]1C(C2OCCO2)=CCC[C@@H]1O. The number of carbonyl (C=O) groups excluding carboxylic acids is 1. The van der Waals surface area contributed by atoms with Crippen LogP contribution in [0, 0.1) is 5.92 Å². The van der Waals surface area contributed by atoms with Crippen LogP contribution in [0.15, 0.2) is 11.6 Å². The predicted molar refractivity (Wildman–Crippen MR) is 59.1 cm³/mol. The highest BCUT2D eigenvalue weighted by atomic mass is 16.7. The lowest BCUT2D eigenvalue weighted by atomic mass is 9.82. The summed E-state index contributed by atoms with van der Waals surface area (Å²) in [6.07, 6.45) is 2.71. The van der Waals surface area contributed by atoms with E-state index >= 15 is 0 Å². The lowest BCUT2D eigenvalue weighted by molar-refractivity contribution is -0.142. The van der Waals surface area contributed by atoms with E-state index in [0.717, 1.165) is 12.0 Å². The Balaban J connectivity index is 2.09. The molecule has 1 heterocycles. The Labute approximate surface area is 100 Å². The number of allylic oxidation sites excluding steroid dienone is 1. The number of carbonyl (C=O) groups is 1. The van der Waals surface area contributed by atoms with Crippen molar-refractivity contribution in [3.63, 3.8) is 0 Å². The molecular weight excluding hydrogens is 224 g/mol. The first-order chi connectivity index (χ1) is 8.22. The van der Waals surface area contributed by atoms with Crippen LogP contribution in [-0.4, -0.2) is 43.8 Å². The Morgan fingerprint density at radius 3 is 2.88 bits per heavy atom. The van der Waals surface area contributed by atoms with Crippen molar-refractivity contribution in [2.45, 2.75) is 31.7 Å². The smallest absolute Gasteiger partial charge is 0.306 e. The first-order valence-corrected chi connectivity index (χ1v) is 5.90. The zero-order valence-corrected chi connectivity index (χ0v) is 9.93. The molecule has 2 rings (SSSR count). The Bertz CT molecular complexity index is 306. The van der Waals surface area contributed by atoms with Crippen LogP contribution in [0.1, 0.15) is 19.3 Å². The van der Waals surface area contributed by atoms with Crippen molar-refractivity contribution >= 4 is 5.97 Å². The van der Waals surface area contributed by atoms with E-state index in [1.165, 1.54) is 7.11 Å². The third kappa shape index (κ3) is 2.86. The van der Waals surface area contributed by atoms with Gasteiger partial charge in [-0.05, 0) is 18.4 Å². The second-order valence-electron chi connectivity index (χ2n) is 4.31. The number of ether oxygens (including phenoxy) is 3. The number of rotatable bonds is 3. The standard InChI is InChI=1S/C12H18O5/c1-15-11(14)7-9-8(3-2-4-10(9)13)12-16-5-6-17-12/h3,9-10,12-13H,2,4-7H2,1H3/t9-,10+/m1/s1. The predicted octanol–water partition coefficient (Wildman–Crippen LogP) is 0.620. The van der Waals surface area contributed by atoms with Crippen LogP contribution in [0.3, 0.4) is 0 Å². The summed E-state index contributed by atoms with van der Waals surface area (Å²) in [5.41, 5.74) is 0.881. The first kappa shape index (κ1) is 12.5. The van der Waals surface area contributed by atoms with Crippen molar-refractivity contribution < 1.29 is 24.1 Å². The quantitative estimate of drug-likeness (QED) is 0.580. The van der Waals surface area contributed by atoms with E-state index in [4.69, 9.17) is 9.47 Å². The molecule has 0 bridgehead atoms. The highest BCUT2D eigenvalue weighted by molar-refractivity contribution is 5.70. The average Bonchev–Trinajstić information content (AvgIpc) is 2.85. The fourth-order valence-electron chi connectivity index (χ4n) is 2.33. The number of hydrogen-bond acceptors (Lipinski definition) is 5. The lowest BCUT2D eigenvalue weighted by Gasteiger charge is -2.30. The fraction of sp³-hybridized carbons (Fsp3) is 0.750. The highest BCUT2D eigenvalue weighted by Crippen LogP contribution is 2.33. The molecule has 0 radical (unpaired) electrons. The molecule has 0 aromatic carbocycles. The lowest BCUT2D eigenvalue weighted by Crippen LogP contribution is -2.33. The molecule has 1 aliphatic carbocycles. The molecule has 0 aromatic rings. The van der Waals surface area contributed by atoms with E-state index in [-0.39, 0.29) is 18.3 Å². The molecule has 2 aliphatic rings. The van der Waals surface area contributed by atoms with Crippen LogP contribution in [-0.2, 0) is 19.0 Å². The molecule has 96 valence electrons. The summed E-state index contributed by atoms with van der Waals surface area (Å²) in [5, 5.41) is 9.98. The summed E-state index contributed by atoms with van der Waals surface area (Å²) in [6.45, 7) is 1.12. The largest absolute Gasteiger partial charge is 0.469 e. The van der Waals surface area contributed by atoms with Gasteiger partial charge in [0.1, 0.15) is 0 Å². The van der Waals surface area contributed by atoms with Gasteiger partial charge in [-0.25, -0.2) is 0 Å². The molecule has 0 aromatic heterocycles. The summed E-state index contributed by atoms with van der Waals surface area (Å²) >= 11 is 0. The molecule has 5 heteroatoms. The van der Waals surface area contributed by atoms with Gasteiger partial charge in [0.05, 0.1) is 32.8 Å². The number of aliphatic hydroxyl groups is 1. The van der Waals surface area contributed by atoms with Crippen LogP contribution in [0.4, 0.5) is 0 Å². The maximum atomic E-state index is 11.3. The van der Waals surface area contributed by atoms with Gasteiger partial charge in [0.2, 0.25) is 0 Å². The van der Waals surface area contributed by atoms with Crippen LogP contribution >= 0.6 is 0 Å². The minimum absolute atomic E-state index is 0.173. The maximum Gasteiger partial charge on any atom is 0.306 e. The molecule has 0 saturated carbocycles. The molecule has 17 heavy (non-hydrogen) atoms. The second-order valence-corrected chi connectivity index (χ2v) is 4.31. The van der Waals surface area contributed by atoms with Crippen molar-refractivity contribution in [1.82, 2.24) is 0 Å². The minimum atomic E-state index is -0.526.